The van der Waals surface area contributed by atoms with Gasteiger partial charge in [0.25, 0.3) is 11.8 Å². The zero-order chi connectivity index (χ0) is 24.9. The van der Waals surface area contributed by atoms with Crippen LogP contribution in [0, 0.1) is 0 Å². The normalized spacial score (nSPS) is 17.1. The molecule has 2 amide bonds. The number of aromatic nitrogens is 1. The van der Waals surface area contributed by atoms with Crippen LogP contribution in [0.25, 0.3) is 11.1 Å². The molecule has 3 aromatic rings. The van der Waals surface area contributed by atoms with Gasteiger partial charge in [-0.15, -0.1) is 0 Å². The third-order valence-electron chi connectivity index (χ3n) is 6.13. The minimum Gasteiger partial charge on any atom is -0.398 e. The number of hydrogen-bond acceptors (Lipinski definition) is 6. The highest BCUT2D eigenvalue weighted by atomic mass is 35.5. The van der Waals surface area contributed by atoms with E-state index in [0.717, 1.165) is 23.1 Å². The summed E-state index contributed by atoms with van der Waals surface area (Å²) in [4.78, 5) is 31.2. The number of halogens is 1. The van der Waals surface area contributed by atoms with Crippen LogP contribution in [0.3, 0.4) is 0 Å². The van der Waals surface area contributed by atoms with Crippen LogP contribution < -0.4 is 11.1 Å². The molecule has 2 heterocycles. The first-order valence-corrected chi connectivity index (χ1v) is 11.7. The van der Waals surface area contributed by atoms with Gasteiger partial charge in [0.15, 0.2) is 12.2 Å². The van der Waals surface area contributed by atoms with Crippen molar-refractivity contribution in [1.29, 1.82) is 0 Å². The van der Waals surface area contributed by atoms with E-state index in [0.29, 0.717) is 29.4 Å². The summed E-state index contributed by atoms with van der Waals surface area (Å²) in [5, 5.41) is 23.9. The van der Waals surface area contributed by atoms with Crippen molar-refractivity contribution in [3.8, 4) is 11.1 Å². The van der Waals surface area contributed by atoms with Crippen molar-refractivity contribution in [3.63, 3.8) is 0 Å². The molecule has 0 radical (unpaired) electrons. The van der Waals surface area contributed by atoms with E-state index in [1.807, 2.05) is 30.3 Å². The van der Waals surface area contributed by atoms with Crippen LogP contribution >= 0.6 is 11.6 Å². The molecule has 2 aromatic carbocycles. The Balaban J connectivity index is 1.35. The number of nitrogens with one attached hydrogen (secondary N) is 1. The van der Waals surface area contributed by atoms with Crippen molar-refractivity contribution in [2.24, 2.45) is 0 Å². The lowest BCUT2D eigenvalue weighted by Crippen LogP contribution is -2.50. The number of aliphatic hydroxyl groups is 2. The van der Waals surface area contributed by atoms with Crippen LogP contribution in [0.2, 0.25) is 5.02 Å². The minimum absolute atomic E-state index is 0.0240. The highest BCUT2D eigenvalue weighted by molar-refractivity contribution is 6.30. The van der Waals surface area contributed by atoms with Crippen LogP contribution in [0.5, 0.6) is 0 Å². The third-order valence-corrected chi connectivity index (χ3v) is 6.37. The largest absolute Gasteiger partial charge is 0.398 e. The van der Waals surface area contributed by atoms with E-state index in [1.165, 1.54) is 4.90 Å². The fourth-order valence-electron chi connectivity index (χ4n) is 4.27. The van der Waals surface area contributed by atoms with E-state index in [9.17, 15) is 19.8 Å². The van der Waals surface area contributed by atoms with E-state index >= 15 is 0 Å². The summed E-state index contributed by atoms with van der Waals surface area (Å²) in [7, 11) is 0. The maximum absolute atomic E-state index is 12.9. The van der Waals surface area contributed by atoms with E-state index in [2.05, 4.69) is 10.3 Å². The summed E-state index contributed by atoms with van der Waals surface area (Å²) >= 11 is 6.08. The van der Waals surface area contributed by atoms with Crippen LogP contribution in [0.1, 0.15) is 30.1 Å². The number of pyridine rings is 1. The predicted octanol–water partition coefficient (Wildman–Crippen LogP) is 2.69. The lowest BCUT2D eigenvalue weighted by Gasteiger charge is -2.28. The van der Waals surface area contributed by atoms with Crippen molar-refractivity contribution < 1.29 is 19.8 Å². The minimum atomic E-state index is -1.91. The zero-order valence-corrected chi connectivity index (χ0v) is 19.7. The van der Waals surface area contributed by atoms with E-state index in [-0.39, 0.29) is 12.6 Å². The molecule has 0 saturated carbocycles. The number of amides is 2. The Morgan fingerprint density at radius 2 is 1.91 bits per heavy atom. The number of carbonyl (C=O) groups is 2. The van der Waals surface area contributed by atoms with Crippen LogP contribution in [0.15, 0.2) is 66.9 Å². The fraction of sp³-hybridized carbons (Fsp3) is 0.269. The molecule has 1 aromatic heterocycles. The number of nitrogens with zero attached hydrogens (tertiary/aromatic N) is 2. The van der Waals surface area contributed by atoms with Gasteiger partial charge < -0.3 is 26.2 Å². The summed E-state index contributed by atoms with van der Waals surface area (Å²) in [6.07, 6.45) is -0.700. The summed E-state index contributed by atoms with van der Waals surface area (Å²) < 4.78 is 0. The molecule has 1 fully saturated rings. The molecule has 5 N–H and O–H groups in total. The van der Waals surface area contributed by atoms with Gasteiger partial charge in [0.1, 0.15) is 0 Å². The van der Waals surface area contributed by atoms with Crippen molar-refractivity contribution in [2.75, 3.05) is 12.3 Å². The molecule has 0 bridgehead atoms. The topological polar surface area (TPSA) is 129 Å². The Morgan fingerprint density at radius 3 is 2.63 bits per heavy atom. The number of benzene rings is 2. The van der Waals surface area contributed by atoms with Gasteiger partial charge in [-0.1, -0.05) is 48.0 Å². The number of hydrogen-bond donors (Lipinski definition) is 4. The zero-order valence-electron chi connectivity index (χ0n) is 19.0. The SMILES string of the molecule is Nc1ccccc1-c1ccc(CNC(=O)[C@H](O)[C@@H](O)C(=O)N2CCCC2c2cccc(Cl)c2)nc1. The highest BCUT2D eigenvalue weighted by Crippen LogP contribution is 2.33. The Labute approximate surface area is 208 Å². The molecule has 1 aliphatic rings. The molecule has 1 saturated heterocycles. The molecule has 1 aliphatic heterocycles. The Bertz CT molecular complexity index is 1200. The van der Waals surface area contributed by atoms with Gasteiger partial charge in [-0.2, -0.15) is 0 Å². The first-order chi connectivity index (χ1) is 16.8. The molecule has 8 nitrogen and oxygen atoms in total. The second-order valence-corrected chi connectivity index (χ2v) is 8.91. The Hall–Kier alpha value is -3.46. The van der Waals surface area contributed by atoms with Crippen molar-refractivity contribution in [2.45, 2.75) is 37.6 Å². The monoisotopic (exact) mass is 494 g/mol. The predicted molar refractivity (Wildman–Crippen MR) is 133 cm³/mol. The average molecular weight is 495 g/mol. The van der Waals surface area contributed by atoms with Crippen molar-refractivity contribution >= 4 is 29.1 Å². The van der Waals surface area contributed by atoms with Crippen LogP contribution in [-0.2, 0) is 16.1 Å². The number of para-hydroxylation sites is 1. The average Bonchev–Trinajstić information content (AvgIpc) is 3.37. The van der Waals surface area contributed by atoms with Gasteiger partial charge in [0.2, 0.25) is 0 Å². The lowest BCUT2D eigenvalue weighted by molar-refractivity contribution is -0.153. The number of anilines is 1. The number of rotatable bonds is 7. The fourth-order valence-corrected chi connectivity index (χ4v) is 4.47. The number of likely N-dealkylation sites (tertiary alicyclic amines) is 1. The Morgan fingerprint density at radius 1 is 1.11 bits per heavy atom. The maximum atomic E-state index is 12.9. The van der Waals surface area contributed by atoms with E-state index in [4.69, 9.17) is 17.3 Å². The third kappa shape index (κ3) is 5.62. The molecule has 1 unspecified atom stereocenters. The highest BCUT2D eigenvalue weighted by Gasteiger charge is 2.38. The van der Waals surface area contributed by atoms with E-state index in [1.54, 1.807) is 36.5 Å². The van der Waals surface area contributed by atoms with Crippen molar-refractivity contribution in [1.82, 2.24) is 15.2 Å². The second-order valence-electron chi connectivity index (χ2n) is 8.48. The summed E-state index contributed by atoms with van der Waals surface area (Å²) in [6.45, 7) is 0.444. The first-order valence-electron chi connectivity index (χ1n) is 11.3. The molecule has 0 spiro atoms. The second kappa shape index (κ2) is 10.9. The van der Waals surface area contributed by atoms with Gasteiger partial charge in [-0.3, -0.25) is 14.6 Å². The molecular weight excluding hydrogens is 468 g/mol. The standard InChI is InChI=1S/C26H27ClN4O4/c27-18-6-3-5-16(13-18)22-9-4-12-31(22)26(35)24(33)23(32)25(34)30-15-19-11-10-17(14-29-19)20-7-1-2-8-21(20)28/h1-3,5-8,10-11,13-14,22-24,32-33H,4,9,12,15,28H2,(H,30,34)/t22?,23-,24-/m1/s1. The van der Waals surface area contributed by atoms with Gasteiger partial charge in [0, 0.05) is 34.6 Å². The number of nitrogen functional groups attached to an aromatic ring is 1. The maximum Gasteiger partial charge on any atom is 0.255 e. The first kappa shape index (κ1) is 24.7. The smallest absolute Gasteiger partial charge is 0.255 e. The van der Waals surface area contributed by atoms with E-state index < -0.39 is 24.0 Å². The molecular formula is C26H27ClN4O4. The van der Waals surface area contributed by atoms with Gasteiger partial charge in [-0.05, 0) is 42.7 Å². The quantitative estimate of drug-likeness (QED) is 0.374. The molecule has 9 heteroatoms. The summed E-state index contributed by atoms with van der Waals surface area (Å²) in [5.74, 6) is -1.56. The Kier molecular flexibility index (Phi) is 7.65. The molecule has 0 aliphatic carbocycles. The van der Waals surface area contributed by atoms with Crippen LogP contribution in [-0.4, -0.2) is 50.7 Å². The molecule has 4 rings (SSSR count). The molecule has 182 valence electrons. The summed E-state index contributed by atoms with van der Waals surface area (Å²) in [6, 6.07) is 17.9. The number of aliphatic hydroxyl groups excluding tert-OH is 2. The van der Waals surface area contributed by atoms with Gasteiger partial charge >= 0.3 is 0 Å². The lowest BCUT2D eigenvalue weighted by atomic mass is 10.0. The molecule has 3 atom stereocenters. The number of carbonyl (C=O) groups excluding carboxylic acids is 2. The summed E-state index contributed by atoms with van der Waals surface area (Å²) in [5.41, 5.74) is 9.71. The van der Waals surface area contributed by atoms with Crippen molar-refractivity contribution in [3.05, 3.63) is 83.1 Å². The van der Waals surface area contributed by atoms with Gasteiger partial charge in [0.05, 0.1) is 18.3 Å². The van der Waals surface area contributed by atoms with Crippen LogP contribution in [0.4, 0.5) is 5.69 Å². The molecule has 35 heavy (non-hydrogen) atoms. The number of nitrogens with two attached hydrogens (primary N) is 1. The van der Waals surface area contributed by atoms with Gasteiger partial charge in [-0.25, -0.2) is 0 Å².